The van der Waals surface area contributed by atoms with Gasteiger partial charge in [0.05, 0.1) is 8.07 Å². The summed E-state index contributed by atoms with van der Waals surface area (Å²) in [6.07, 6.45) is 0. The van der Waals surface area contributed by atoms with Gasteiger partial charge in [0, 0.05) is 15.3 Å². The Bertz CT molecular complexity index is 1310. The zero-order valence-electron chi connectivity index (χ0n) is 18.6. The Kier molecular flexibility index (Phi) is 5.72. The third-order valence-corrected chi connectivity index (χ3v) is 9.62. The van der Waals surface area contributed by atoms with Crippen molar-refractivity contribution in [3.05, 3.63) is 102 Å². The second-order valence-electron chi connectivity index (χ2n) is 9.03. The highest BCUT2D eigenvalue weighted by Gasteiger charge is 2.29. The van der Waals surface area contributed by atoms with Crippen LogP contribution in [0.15, 0.2) is 102 Å². The zero-order valence-corrected chi connectivity index (χ0v) is 21.3. The van der Waals surface area contributed by atoms with Gasteiger partial charge in [0.15, 0.2) is 0 Å². The van der Waals surface area contributed by atoms with Crippen LogP contribution in [0.25, 0.3) is 43.1 Å². The molecule has 32 heavy (non-hydrogen) atoms. The van der Waals surface area contributed by atoms with Gasteiger partial charge in [-0.15, -0.1) is 22.7 Å². The van der Waals surface area contributed by atoms with Crippen LogP contribution in [-0.2, 0) is 0 Å². The Hall–Kier alpha value is -2.72. The zero-order chi connectivity index (χ0) is 22.1. The van der Waals surface area contributed by atoms with Gasteiger partial charge in [0.25, 0.3) is 0 Å². The van der Waals surface area contributed by atoms with E-state index in [1.165, 1.54) is 48.3 Å². The highest BCUT2D eigenvalue weighted by Crippen LogP contribution is 2.47. The lowest BCUT2D eigenvalue weighted by molar-refractivity contribution is 1.58. The summed E-state index contributed by atoms with van der Waals surface area (Å²) in [7, 11) is -1.65. The lowest BCUT2D eigenvalue weighted by Crippen LogP contribution is -2.39. The minimum Gasteiger partial charge on any atom is -0.144 e. The predicted molar refractivity (Wildman–Crippen MR) is 147 cm³/mol. The molecule has 0 bridgehead atoms. The van der Waals surface area contributed by atoms with Crippen molar-refractivity contribution in [1.82, 2.24) is 0 Å². The molecule has 2 aromatic heterocycles. The molecule has 0 radical (unpaired) electrons. The Morgan fingerprint density at radius 3 is 1.56 bits per heavy atom. The third kappa shape index (κ3) is 3.92. The molecular weight excluding hydrogens is 441 g/mol. The molecule has 0 amide bonds. The van der Waals surface area contributed by atoms with Crippen molar-refractivity contribution in [2.45, 2.75) is 19.6 Å². The summed E-state index contributed by atoms with van der Waals surface area (Å²) < 4.78 is 0. The van der Waals surface area contributed by atoms with Crippen LogP contribution in [0.1, 0.15) is 0 Å². The largest absolute Gasteiger partial charge is 0.144 e. The smallest absolute Gasteiger partial charge is 0.0785 e. The van der Waals surface area contributed by atoms with Crippen LogP contribution in [-0.4, -0.2) is 8.07 Å². The van der Waals surface area contributed by atoms with E-state index in [9.17, 15) is 0 Å². The molecule has 0 atom stereocenters. The summed E-state index contributed by atoms with van der Waals surface area (Å²) >= 11 is 3.68. The number of rotatable bonds is 5. The number of benzene rings is 3. The van der Waals surface area contributed by atoms with Crippen LogP contribution in [0.2, 0.25) is 19.6 Å². The van der Waals surface area contributed by atoms with Gasteiger partial charge in [-0.1, -0.05) is 104 Å². The van der Waals surface area contributed by atoms with Crippen LogP contribution in [0.3, 0.4) is 0 Å². The molecule has 158 valence electrons. The molecule has 2 heterocycles. The van der Waals surface area contributed by atoms with Crippen molar-refractivity contribution in [1.29, 1.82) is 0 Å². The summed E-state index contributed by atoms with van der Waals surface area (Å²) in [5.74, 6) is 0. The first-order valence-electron chi connectivity index (χ1n) is 10.9. The number of hydrogen-bond donors (Lipinski definition) is 0. The van der Waals surface area contributed by atoms with E-state index in [0.717, 1.165) is 0 Å². The summed E-state index contributed by atoms with van der Waals surface area (Å²) in [6.45, 7) is 7.40. The number of thiophene rings is 2. The Balaban J connectivity index is 2.01. The maximum absolute atomic E-state index is 2.52. The molecule has 0 fully saturated rings. The van der Waals surface area contributed by atoms with Gasteiger partial charge in [-0.3, -0.25) is 0 Å². The standard InChI is InChI=1S/C29H26S2Si/c1-32(2,3)26-20-23(24-16-10-18-30-24)27(21-12-6-4-7-13-21)28(22-14-8-5-9-15-22)29(26)25-17-11-19-31-25/h4-20H,1-3H3. The highest BCUT2D eigenvalue weighted by atomic mass is 32.1. The minimum atomic E-state index is -1.65. The van der Waals surface area contributed by atoms with Crippen molar-refractivity contribution in [3.63, 3.8) is 0 Å². The molecule has 0 saturated heterocycles. The monoisotopic (exact) mass is 466 g/mol. The number of hydrogen-bond acceptors (Lipinski definition) is 2. The van der Waals surface area contributed by atoms with Crippen LogP contribution < -0.4 is 5.19 Å². The molecule has 0 nitrogen and oxygen atoms in total. The van der Waals surface area contributed by atoms with E-state index in [-0.39, 0.29) is 0 Å². The van der Waals surface area contributed by atoms with E-state index in [1.54, 1.807) is 0 Å². The van der Waals surface area contributed by atoms with Gasteiger partial charge in [-0.2, -0.15) is 0 Å². The van der Waals surface area contributed by atoms with Gasteiger partial charge in [0.1, 0.15) is 0 Å². The molecule has 3 heteroatoms. The maximum atomic E-state index is 2.52. The van der Waals surface area contributed by atoms with E-state index in [2.05, 4.69) is 121 Å². The van der Waals surface area contributed by atoms with Crippen LogP contribution in [0.5, 0.6) is 0 Å². The molecule has 0 saturated carbocycles. The highest BCUT2D eigenvalue weighted by molar-refractivity contribution is 7.14. The molecule has 3 aromatic carbocycles. The summed E-state index contributed by atoms with van der Waals surface area (Å²) in [6, 6.07) is 33.3. The van der Waals surface area contributed by atoms with Crippen LogP contribution in [0, 0.1) is 0 Å². The van der Waals surface area contributed by atoms with Gasteiger partial charge < -0.3 is 0 Å². The quantitative estimate of drug-likeness (QED) is 0.227. The SMILES string of the molecule is C[Si](C)(C)c1cc(-c2cccs2)c(-c2ccccc2)c(-c2ccccc2)c1-c1cccs1. The van der Waals surface area contributed by atoms with E-state index in [4.69, 9.17) is 0 Å². The lowest BCUT2D eigenvalue weighted by Gasteiger charge is -2.28. The molecule has 0 N–H and O–H groups in total. The van der Waals surface area contributed by atoms with E-state index < -0.39 is 8.07 Å². The fourth-order valence-corrected chi connectivity index (χ4v) is 7.59. The molecule has 0 unspecified atom stereocenters. The van der Waals surface area contributed by atoms with Crippen LogP contribution >= 0.6 is 22.7 Å². The first kappa shape index (κ1) is 21.1. The van der Waals surface area contributed by atoms with Crippen molar-refractivity contribution in [2.75, 3.05) is 0 Å². The summed E-state index contributed by atoms with van der Waals surface area (Å²) in [5.41, 5.74) is 8.03. The second kappa shape index (κ2) is 8.66. The van der Waals surface area contributed by atoms with E-state index in [0.29, 0.717) is 0 Å². The Morgan fingerprint density at radius 1 is 0.531 bits per heavy atom. The normalized spacial score (nSPS) is 11.6. The minimum absolute atomic E-state index is 1.27. The van der Waals surface area contributed by atoms with Crippen molar-refractivity contribution in [2.24, 2.45) is 0 Å². The average molecular weight is 467 g/mol. The molecule has 0 aliphatic rings. The molecular formula is C29H26S2Si. The first-order valence-corrected chi connectivity index (χ1v) is 16.2. The average Bonchev–Trinajstić information content (AvgIpc) is 3.53. The summed E-state index contributed by atoms with van der Waals surface area (Å²) in [5, 5.41) is 5.92. The Labute approximate surface area is 199 Å². The topological polar surface area (TPSA) is 0 Å². The molecule has 0 aliphatic carbocycles. The fourth-order valence-electron chi connectivity index (χ4n) is 4.38. The van der Waals surface area contributed by atoms with Crippen LogP contribution in [0.4, 0.5) is 0 Å². The molecule has 0 spiro atoms. The van der Waals surface area contributed by atoms with Gasteiger partial charge >= 0.3 is 0 Å². The fraction of sp³-hybridized carbons (Fsp3) is 0.103. The third-order valence-electron chi connectivity index (χ3n) is 5.81. The first-order chi connectivity index (χ1) is 15.5. The maximum Gasteiger partial charge on any atom is 0.0785 e. The van der Waals surface area contributed by atoms with E-state index in [1.807, 2.05) is 22.7 Å². The van der Waals surface area contributed by atoms with Gasteiger partial charge in [-0.25, -0.2) is 0 Å². The van der Waals surface area contributed by atoms with Crippen molar-refractivity contribution >= 4 is 35.9 Å². The second-order valence-corrected chi connectivity index (χ2v) is 16.0. The van der Waals surface area contributed by atoms with Crippen molar-refractivity contribution in [3.8, 4) is 43.1 Å². The lowest BCUT2D eigenvalue weighted by atomic mass is 9.86. The van der Waals surface area contributed by atoms with Gasteiger partial charge in [-0.05, 0) is 50.7 Å². The predicted octanol–water partition coefficient (Wildman–Crippen LogP) is 9.02. The van der Waals surface area contributed by atoms with E-state index >= 15 is 0 Å². The Morgan fingerprint density at radius 2 is 1.06 bits per heavy atom. The summed E-state index contributed by atoms with van der Waals surface area (Å²) in [4.78, 5) is 2.69. The van der Waals surface area contributed by atoms with Crippen molar-refractivity contribution < 1.29 is 0 Å². The molecule has 5 aromatic rings. The van der Waals surface area contributed by atoms with Gasteiger partial charge in [0.2, 0.25) is 0 Å². The molecule has 5 rings (SSSR count). The molecule has 0 aliphatic heterocycles.